The molecule has 2 atom stereocenters. The Morgan fingerprint density at radius 1 is 1.26 bits per heavy atom. The van der Waals surface area contributed by atoms with Crippen LogP contribution in [0, 0.1) is 0 Å². The van der Waals surface area contributed by atoms with Gasteiger partial charge in [0.05, 0.1) is 11.6 Å². The van der Waals surface area contributed by atoms with Crippen molar-refractivity contribution in [2.75, 3.05) is 20.3 Å². The van der Waals surface area contributed by atoms with E-state index in [9.17, 15) is 14.7 Å². The average Bonchev–Trinajstić information content (AvgIpc) is 3.24. The number of methoxy groups -OCH3 is 1. The van der Waals surface area contributed by atoms with Crippen molar-refractivity contribution in [3.05, 3.63) is 69.8 Å². The Hall–Kier alpha value is -2.83. The van der Waals surface area contributed by atoms with Crippen LogP contribution in [0.2, 0.25) is 5.02 Å². The Kier molecular flexibility index (Phi) is 6.03. The van der Waals surface area contributed by atoms with Crippen LogP contribution in [-0.4, -0.2) is 48.1 Å². The second-order valence-corrected chi connectivity index (χ2v) is 8.29. The van der Waals surface area contributed by atoms with E-state index in [2.05, 4.69) is 0 Å². The van der Waals surface area contributed by atoms with E-state index in [-0.39, 0.29) is 17.4 Å². The summed E-state index contributed by atoms with van der Waals surface area (Å²) < 4.78 is 10.8. The highest BCUT2D eigenvalue weighted by Gasteiger charge is 2.45. The Bertz CT molecular complexity index is 1060. The van der Waals surface area contributed by atoms with Crippen LogP contribution in [0.1, 0.15) is 36.1 Å². The topological polar surface area (TPSA) is 76.1 Å². The van der Waals surface area contributed by atoms with E-state index < -0.39 is 17.7 Å². The van der Waals surface area contributed by atoms with Crippen LogP contribution in [0.3, 0.4) is 0 Å². The van der Waals surface area contributed by atoms with Crippen LogP contribution in [0.25, 0.3) is 5.76 Å². The Morgan fingerprint density at radius 2 is 2.06 bits per heavy atom. The maximum atomic E-state index is 13.0. The van der Waals surface area contributed by atoms with E-state index in [1.807, 2.05) is 13.0 Å². The van der Waals surface area contributed by atoms with E-state index in [1.54, 1.807) is 43.5 Å². The van der Waals surface area contributed by atoms with Crippen LogP contribution in [-0.2, 0) is 20.7 Å². The molecule has 1 fully saturated rings. The smallest absolute Gasteiger partial charge is 0.295 e. The molecule has 2 heterocycles. The molecule has 0 spiro atoms. The van der Waals surface area contributed by atoms with Crippen molar-refractivity contribution in [1.82, 2.24) is 4.90 Å². The summed E-state index contributed by atoms with van der Waals surface area (Å²) in [7, 11) is 1.58. The van der Waals surface area contributed by atoms with E-state index in [0.717, 1.165) is 17.7 Å². The molecule has 1 saturated heterocycles. The zero-order valence-electron chi connectivity index (χ0n) is 17.4. The van der Waals surface area contributed by atoms with Crippen LogP contribution in [0.4, 0.5) is 0 Å². The van der Waals surface area contributed by atoms with E-state index in [0.29, 0.717) is 35.7 Å². The number of carbonyl (C=O) groups is 2. The fraction of sp³-hybridized carbons (Fsp3) is 0.333. The number of ketones is 1. The fourth-order valence-corrected chi connectivity index (χ4v) is 4.44. The van der Waals surface area contributed by atoms with E-state index in [4.69, 9.17) is 21.1 Å². The van der Waals surface area contributed by atoms with Gasteiger partial charge in [0.25, 0.3) is 11.7 Å². The number of rotatable bonds is 6. The van der Waals surface area contributed by atoms with Gasteiger partial charge in [0.15, 0.2) is 0 Å². The third-order valence-electron chi connectivity index (χ3n) is 5.62. The van der Waals surface area contributed by atoms with Crippen molar-refractivity contribution in [3.8, 4) is 5.75 Å². The molecular weight excluding hydrogens is 418 g/mol. The minimum Gasteiger partial charge on any atom is -0.507 e. The number of aliphatic hydroxyl groups is 1. The highest BCUT2D eigenvalue weighted by atomic mass is 35.5. The summed E-state index contributed by atoms with van der Waals surface area (Å²) in [4.78, 5) is 27.4. The quantitative estimate of drug-likeness (QED) is 0.316. The minimum atomic E-state index is -0.723. The number of halogens is 1. The van der Waals surface area contributed by atoms with Gasteiger partial charge in [0.1, 0.15) is 17.6 Å². The second-order valence-electron chi connectivity index (χ2n) is 7.85. The van der Waals surface area contributed by atoms with Crippen LogP contribution >= 0.6 is 11.6 Å². The fourth-order valence-electron chi connectivity index (χ4n) is 4.24. The molecule has 1 amide bonds. The van der Waals surface area contributed by atoms with Gasteiger partial charge < -0.3 is 19.5 Å². The monoisotopic (exact) mass is 441 g/mol. The number of hydrogen-bond donors (Lipinski definition) is 1. The lowest BCUT2D eigenvalue weighted by atomic mass is 9.94. The van der Waals surface area contributed by atoms with Crippen molar-refractivity contribution in [1.29, 1.82) is 0 Å². The Morgan fingerprint density at radius 3 is 2.81 bits per heavy atom. The molecule has 2 aliphatic rings. The average molecular weight is 442 g/mol. The van der Waals surface area contributed by atoms with Crippen LogP contribution in [0.15, 0.2) is 48.0 Å². The van der Waals surface area contributed by atoms with E-state index in [1.165, 1.54) is 4.90 Å². The van der Waals surface area contributed by atoms with Gasteiger partial charge in [0.2, 0.25) is 0 Å². The van der Waals surface area contributed by atoms with Gasteiger partial charge in [-0.25, -0.2) is 0 Å². The summed E-state index contributed by atoms with van der Waals surface area (Å²) in [6.07, 6.45) is 1.35. The molecule has 0 aromatic heterocycles. The van der Waals surface area contributed by atoms with Crippen molar-refractivity contribution in [2.24, 2.45) is 0 Å². The first-order valence-corrected chi connectivity index (χ1v) is 10.6. The van der Waals surface area contributed by atoms with Gasteiger partial charge >= 0.3 is 0 Å². The molecule has 2 aliphatic heterocycles. The Balaban J connectivity index is 1.80. The number of amides is 1. The van der Waals surface area contributed by atoms with Crippen molar-refractivity contribution in [2.45, 2.75) is 31.9 Å². The molecule has 0 aliphatic carbocycles. The number of aliphatic hydroxyl groups excluding tert-OH is 1. The first kappa shape index (κ1) is 21.4. The number of nitrogens with zero attached hydrogens (tertiary/aromatic N) is 1. The number of likely N-dealkylation sites (tertiary alicyclic amines) is 1. The molecule has 2 aromatic rings. The highest BCUT2D eigenvalue weighted by molar-refractivity contribution is 6.46. The van der Waals surface area contributed by atoms with Crippen LogP contribution < -0.4 is 4.74 Å². The normalized spacial score (nSPS) is 22.0. The predicted molar refractivity (Wildman–Crippen MR) is 117 cm³/mol. The summed E-state index contributed by atoms with van der Waals surface area (Å²) >= 11 is 6.19. The SMILES string of the molecule is COCCCN1C(=O)C(=O)/C(=C(/O)c2ccc3c(c2)C[C@H](C)O3)[C@H]1c1cccc(Cl)c1. The lowest BCUT2D eigenvalue weighted by molar-refractivity contribution is -0.140. The molecule has 4 rings (SSSR count). The molecule has 0 unspecified atom stereocenters. The summed E-state index contributed by atoms with van der Waals surface area (Å²) in [6.45, 7) is 2.75. The molecule has 7 heteroatoms. The summed E-state index contributed by atoms with van der Waals surface area (Å²) in [5.74, 6) is -0.763. The number of ether oxygens (including phenoxy) is 2. The van der Waals surface area contributed by atoms with Gasteiger partial charge in [-0.2, -0.15) is 0 Å². The second kappa shape index (κ2) is 8.73. The van der Waals surface area contributed by atoms with Crippen molar-refractivity contribution >= 4 is 29.1 Å². The highest BCUT2D eigenvalue weighted by Crippen LogP contribution is 2.41. The lowest BCUT2D eigenvalue weighted by Gasteiger charge is -2.25. The largest absolute Gasteiger partial charge is 0.507 e. The molecule has 31 heavy (non-hydrogen) atoms. The zero-order chi connectivity index (χ0) is 22.1. The summed E-state index contributed by atoms with van der Waals surface area (Å²) in [5, 5.41) is 11.7. The van der Waals surface area contributed by atoms with Gasteiger partial charge in [-0.3, -0.25) is 9.59 Å². The number of fused-ring (bicyclic) bond motifs is 1. The van der Waals surface area contributed by atoms with Gasteiger partial charge in [-0.05, 0) is 54.8 Å². The maximum Gasteiger partial charge on any atom is 0.295 e. The minimum absolute atomic E-state index is 0.0604. The number of benzene rings is 2. The molecule has 0 saturated carbocycles. The van der Waals surface area contributed by atoms with Crippen LogP contribution in [0.5, 0.6) is 5.75 Å². The van der Waals surface area contributed by atoms with E-state index >= 15 is 0 Å². The molecule has 6 nitrogen and oxygen atoms in total. The number of carbonyl (C=O) groups excluding carboxylic acids is 2. The predicted octanol–water partition coefficient (Wildman–Crippen LogP) is 4.12. The first-order valence-electron chi connectivity index (χ1n) is 10.2. The molecule has 2 aromatic carbocycles. The molecule has 0 radical (unpaired) electrons. The zero-order valence-corrected chi connectivity index (χ0v) is 18.2. The lowest BCUT2D eigenvalue weighted by Crippen LogP contribution is -2.31. The van der Waals surface area contributed by atoms with Crippen molar-refractivity contribution < 1.29 is 24.2 Å². The third kappa shape index (κ3) is 4.05. The maximum absolute atomic E-state index is 13.0. The summed E-state index contributed by atoms with van der Waals surface area (Å²) in [6, 6.07) is 11.6. The Labute approximate surface area is 186 Å². The van der Waals surface area contributed by atoms with Gasteiger partial charge in [-0.15, -0.1) is 0 Å². The summed E-state index contributed by atoms with van der Waals surface area (Å²) in [5.41, 5.74) is 2.18. The van der Waals surface area contributed by atoms with Gasteiger partial charge in [-0.1, -0.05) is 23.7 Å². The molecule has 0 bridgehead atoms. The molecule has 162 valence electrons. The molecular formula is C24H24ClNO5. The number of Topliss-reactive ketones (excluding diaryl/α,β-unsaturated/α-hetero) is 1. The standard InChI is InChI=1S/C24H24ClNO5/c1-14-11-17-12-16(7-8-19(17)31-14)22(27)20-21(15-5-3-6-18(25)13-15)26(9-4-10-30-2)24(29)23(20)28/h3,5-8,12-14,21,27H,4,9-11H2,1-2H3/b22-20+/t14-,21+/m0/s1. The molecule has 1 N–H and O–H groups in total. The van der Waals surface area contributed by atoms with Crippen molar-refractivity contribution in [3.63, 3.8) is 0 Å². The number of hydrogen-bond acceptors (Lipinski definition) is 5. The third-order valence-corrected chi connectivity index (χ3v) is 5.86. The first-order chi connectivity index (χ1) is 14.9. The van der Waals surface area contributed by atoms with Gasteiger partial charge in [0, 0.05) is 37.3 Å².